The highest BCUT2D eigenvalue weighted by Gasteiger charge is 2.69. The van der Waals surface area contributed by atoms with Crippen molar-refractivity contribution in [3.63, 3.8) is 0 Å². The van der Waals surface area contributed by atoms with Crippen molar-refractivity contribution >= 4 is 11.6 Å². The van der Waals surface area contributed by atoms with Crippen molar-refractivity contribution in [2.45, 2.75) is 72.2 Å². The zero-order valence-electron chi connectivity index (χ0n) is 18.7. The number of rotatable bonds is 5. The van der Waals surface area contributed by atoms with E-state index >= 15 is 0 Å². The molecule has 1 aromatic rings. The third-order valence-electron chi connectivity index (χ3n) is 6.94. The lowest BCUT2D eigenvalue weighted by Crippen LogP contribution is -2.62. The SMILES string of the molecule is CCC(C)(C)[C@@H]1CCC2=NN(C(=O)COc3cc(C)cc(C)c3)[C@](O)(C(F)(F)F)[C@H]2C1. The Morgan fingerprint density at radius 1 is 1.26 bits per heavy atom. The van der Waals surface area contributed by atoms with Crippen molar-refractivity contribution in [3.8, 4) is 5.75 Å². The first-order valence-corrected chi connectivity index (χ1v) is 10.7. The van der Waals surface area contributed by atoms with E-state index in [9.17, 15) is 23.1 Å². The van der Waals surface area contributed by atoms with Crippen LogP contribution >= 0.6 is 0 Å². The van der Waals surface area contributed by atoms with Gasteiger partial charge in [0.05, 0.1) is 5.92 Å². The summed E-state index contributed by atoms with van der Waals surface area (Å²) in [6, 6.07) is 5.31. The molecule has 2 aliphatic rings. The summed E-state index contributed by atoms with van der Waals surface area (Å²) >= 11 is 0. The van der Waals surface area contributed by atoms with E-state index in [0.717, 1.165) is 17.5 Å². The number of benzene rings is 1. The molecule has 3 rings (SSSR count). The lowest BCUT2D eigenvalue weighted by molar-refractivity contribution is -0.318. The zero-order chi connectivity index (χ0) is 23.2. The Hall–Kier alpha value is -2.09. The summed E-state index contributed by atoms with van der Waals surface area (Å²) in [6.07, 6.45) is -3.08. The van der Waals surface area contributed by atoms with Crippen molar-refractivity contribution in [3.05, 3.63) is 29.3 Å². The molecular formula is C23H31F3N2O3. The van der Waals surface area contributed by atoms with Crippen LogP contribution in [0.3, 0.4) is 0 Å². The minimum atomic E-state index is -5.04. The third-order valence-corrected chi connectivity index (χ3v) is 6.94. The van der Waals surface area contributed by atoms with Gasteiger partial charge in [0.25, 0.3) is 11.6 Å². The highest BCUT2D eigenvalue weighted by molar-refractivity contribution is 5.93. The Balaban J connectivity index is 1.84. The van der Waals surface area contributed by atoms with Gasteiger partial charge in [-0.1, -0.05) is 33.3 Å². The minimum Gasteiger partial charge on any atom is -0.484 e. The molecule has 5 nitrogen and oxygen atoms in total. The molecule has 0 saturated heterocycles. The average molecular weight is 441 g/mol. The van der Waals surface area contributed by atoms with Gasteiger partial charge < -0.3 is 9.84 Å². The molecule has 1 amide bonds. The van der Waals surface area contributed by atoms with Crippen LogP contribution < -0.4 is 4.74 Å². The fourth-order valence-electron chi connectivity index (χ4n) is 4.69. The third kappa shape index (κ3) is 4.31. The van der Waals surface area contributed by atoms with Gasteiger partial charge in [-0.2, -0.15) is 23.3 Å². The highest BCUT2D eigenvalue weighted by Crippen LogP contribution is 2.52. The van der Waals surface area contributed by atoms with Crippen LogP contribution in [0.2, 0.25) is 0 Å². The van der Waals surface area contributed by atoms with E-state index in [1.54, 1.807) is 12.1 Å². The molecule has 1 N–H and O–H groups in total. The summed E-state index contributed by atoms with van der Waals surface area (Å²) in [6.45, 7) is 9.14. The molecule has 8 heteroatoms. The predicted molar refractivity (Wildman–Crippen MR) is 112 cm³/mol. The molecule has 31 heavy (non-hydrogen) atoms. The van der Waals surface area contributed by atoms with E-state index in [2.05, 4.69) is 5.10 Å². The van der Waals surface area contributed by atoms with Crippen molar-refractivity contribution in [2.24, 2.45) is 22.4 Å². The molecule has 1 aliphatic carbocycles. The van der Waals surface area contributed by atoms with E-state index in [4.69, 9.17) is 4.74 Å². The zero-order valence-corrected chi connectivity index (χ0v) is 18.7. The highest BCUT2D eigenvalue weighted by atomic mass is 19.4. The second kappa shape index (κ2) is 8.11. The Labute approximate surface area is 181 Å². The number of hydrogen-bond donors (Lipinski definition) is 1. The first kappa shape index (κ1) is 23.6. The van der Waals surface area contributed by atoms with Gasteiger partial charge in [-0.15, -0.1) is 0 Å². The summed E-state index contributed by atoms with van der Waals surface area (Å²) in [5.41, 5.74) is -1.46. The second-order valence-corrected chi connectivity index (χ2v) is 9.50. The van der Waals surface area contributed by atoms with Crippen LogP contribution in [0.4, 0.5) is 13.2 Å². The predicted octanol–water partition coefficient (Wildman–Crippen LogP) is 4.98. The molecule has 172 valence electrons. The van der Waals surface area contributed by atoms with Crippen LogP contribution in [0.1, 0.15) is 57.6 Å². The van der Waals surface area contributed by atoms with Crippen molar-refractivity contribution in [1.82, 2.24) is 5.01 Å². The van der Waals surface area contributed by atoms with Crippen molar-refractivity contribution < 1.29 is 27.8 Å². The Morgan fingerprint density at radius 3 is 2.42 bits per heavy atom. The minimum absolute atomic E-state index is 0.00287. The fourth-order valence-corrected chi connectivity index (χ4v) is 4.69. The summed E-state index contributed by atoms with van der Waals surface area (Å²) in [4.78, 5) is 12.8. The molecule has 0 aromatic heterocycles. The molecule has 0 spiro atoms. The first-order valence-electron chi connectivity index (χ1n) is 10.7. The van der Waals surface area contributed by atoms with E-state index in [0.29, 0.717) is 18.6 Å². The number of aryl methyl sites for hydroxylation is 2. The standard InChI is InChI=1S/C23H31F3N2O3/c1-6-21(4,5)16-7-8-19-18(12-16)22(30,23(24,25)26)28(27-19)20(29)13-31-17-10-14(2)9-15(3)11-17/h9-11,16,18,30H,6-8,12-13H2,1-5H3/t16-,18+,22-/m1/s1. The molecule has 1 heterocycles. The number of halogens is 3. The summed E-state index contributed by atoms with van der Waals surface area (Å²) < 4.78 is 47.9. The maximum absolute atomic E-state index is 14.1. The number of ether oxygens (including phenoxy) is 1. The van der Waals surface area contributed by atoms with E-state index in [1.165, 1.54) is 0 Å². The van der Waals surface area contributed by atoms with E-state index in [1.807, 2.05) is 40.7 Å². The summed E-state index contributed by atoms with van der Waals surface area (Å²) in [5.74, 6) is -1.90. The van der Waals surface area contributed by atoms with Crippen molar-refractivity contribution in [1.29, 1.82) is 0 Å². The second-order valence-electron chi connectivity index (χ2n) is 9.50. The lowest BCUT2D eigenvalue weighted by Gasteiger charge is -2.43. The van der Waals surface area contributed by atoms with Crippen LogP contribution in [0, 0.1) is 31.1 Å². The van der Waals surface area contributed by atoms with Crippen LogP contribution in [-0.2, 0) is 4.79 Å². The summed E-state index contributed by atoms with van der Waals surface area (Å²) in [7, 11) is 0. The number of alkyl halides is 3. The molecular weight excluding hydrogens is 409 g/mol. The van der Waals surface area contributed by atoms with Crippen LogP contribution in [-0.4, -0.2) is 40.2 Å². The number of aliphatic hydroxyl groups is 1. The quantitative estimate of drug-likeness (QED) is 0.702. The van der Waals surface area contributed by atoms with Crippen LogP contribution in [0.15, 0.2) is 23.3 Å². The Morgan fingerprint density at radius 2 is 1.87 bits per heavy atom. The fraction of sp³-hybridized carbons (Fsp3) is 0.652. The molecule has 0 bridgehead atoms. The van der Waals surface area contributed by atoms with E-state index < -0.39 is 30.3 Å². The number of hydrazone groups is 1. The monoisotopic (exact) mass is 440 g/mol. The Bertz CT molecular complexity index is 861. The number of nitrogens with zero attached hydrogens (tertiary/aromatic N) is 2. The van der Waals surface area contributed by atoms with Gasteiger partial charge in [-0.3, -0.25) is 4.79 Å². The number of carbonyl (C=O) groups excluding carboxylic acids is 1. The van der Waals surface area contributed by atoms with Crippen LogP contribution in [0.25, 0.3) is 0 Å². The molecule has 1 fully saturated rings. The maximum Gasteiger partial charge on any atom is 0.439 e. The van der Waals surface area contributed by atoms with Crippen LogP contribution in [0.5, 0.6) is 5.75 Å². The van der Waals surface area contributed by atoms with Gasteiger partial charge in [-0.25, -0.2) is 0 Å². The number of fused-ring (bicyclic) bond motifs is 1. The molecule has 0 radical (unpaired) electrons. The van der Waals surface area contributed by atoms with Gasteiger partial charge >= 0.3 is 6.18 Å². The number of carbonyl (C=O) groups is 1. The first-order chi connectivity index (χ1) is 14.3. The van der Waals surface area contributed by atoms with Crippen molar-refractivity contribution in [2.75, 3.05) is 6.61 Å². The van der Waals surface area contributed by atoms with E-state index in [-0.39, 0.29) is 28.5 Å². The number of amides is 1. The van der Waals surface area contributed by atoms with Gasteiger partial charge in [0.15, 0.2) is 6.61 Å². The topological polar surface area (TPSA) is 62.1 Å². The Kier molecular flexibility index (Phi) is 6.17. The van der Waals surface area contributed by atoms with Gasteiger partial charge in [0.1, 0.15) is 5.75 Å². The normalized spacial score (nSPS) is 26.5. The van der Waals surface area contributed by atoms with Gasteiger partial charge in [-0.05, 0) is 67.7 Å². The maximum atomic E-state index is 14.1. The smallest absolute Gasteiger partial charge is 0.439 e. The largest absolute Gasteiger partial charge is 0.484 e. The van der Waals surface area contributed by atoms with Gasteiger partial charge in [0, 0.05) is 5.71 Å². The molecule has 0 unspecified atom stereocenters. The molecule has 1 saturated carbocycles. The number of hydrogen-bond acceptors (Lipinski definition) is 4. The lowest BCUT2D eigenvalue weighted by atomic mass is 9.64. The average Bonchev–Trinajstić information content (AvgIpc) is 2.99. The summed E-state index contributed by atoms with van der Waals surface area (Å²) in [5, 5.41) is 15.1. The molecule has 1 aromatic carbocycles. The van der Waals surface area contributed by atoms with Gasteiger partial charge in [0.2, 0.25) is 0 Å². The molecule has 1 aliphatic heterocycles. The molecule has 3 atom stereocenters.